The van der Waals surface area contributed by atoms with E-state index in [2.05, 4.69) is 15.0 Å². The molecule has 22 heavy (non-hydrogen) atoms. The SMILES string of the molecule is NC1(C(=O)Nc2ccc(OCC(F)(F)F)nc2)CCOCC1. The minimum absolute atomic E-state index is 0.177. The Bertz CT molecular complexity index is 514. The Morgan fingerprint density at radius 2 is 2.09 bits per heavy atom. The third-order valence-corrected chi connectivity index (χ3v) is 3.22. The molecule has 0 atom stereocenters. The minimum atomic E-state index is -4.43. The van der Waals surface area contributed by atoms with Crippen LogP contribution in [0.15, 0.2) is 18.3 Å². The van der Waals surface area contributed by atoms with Crippen LogP contribution in [0.1, 0.15) is 12.8 Å². The number of pyridine rings is 1. The van der Waals surface area contributed by atoms with Gasteiger partial charge in [-0.1, -0.05) is 0 Å². The molecule has 0 radical (unpaired) electrons. The second-order valence-corrected chi connectivity index (χ2v) is 5.01. The maximum absolute atomic E-state index is 12.1. The van der Waals surface area contributed by atoms with Gasteiger partial charge in [-0.2, -0.15) is 13.2 Å². The summed E-state index contributed by atoms with van der Waals surface area (Å²) < 4.78 is 45.7. The van der Waals surface area contributed by atoms with Crippen LogP contribution < -0.4 is 15.8 Å². The van der Waals surface area contributed by atoms with E-state index in [0.29, 0.717) is 31.7 Å². The molecule has 0 spiro atoms. The quantitative estimate of drug-likeness (QED) is 0.877. The fourth-order valence-corrected chi connectivity index (χ4v) is 1.91. The molecule has 1 aromatic heterocycles. The molecule has 1 fully saturated rings. The van der Waals surface area contributed by atoms with E-state index in [1.54, 1.807) is 0 Å². The molecule has 0 unspecified atom stereocenters. The number of nitrogens with two attached hydrogens (primary N) is 1. The highest BCUT2D eigenvalue weighted by Gasteiger charge is 2.36. The molecule has 1 aliphatic rings. The van der Waals surface area contributed by atoms with Crippen molar-refractivity contribution < 1.29 is 27.4 Å². The van der Waals surface area contributed by atoms with E-state index in [1.807, 2.05) is 0 Å². The van der Waals surface area contributed by atoms with Gasteiger partial charge in [-0.3, -0.25) is 4.79 Å². The summed E-state index contributed by atoms with van der Waals surface area (Å²) in [4.78, 5) is 15.8. The molecular formula is C13H16F3N3O3. The zero-order valence-corrected chi connectivity index (χ0v) is 11.7. The molecule has 3 N–H and O–H groups in total. The van der Waals surface area contributed by atoms with Crippen LogP contribution in [0.25, 0.3) is 0 Å². The first kappa shape index (κ1) is 16.5. The van der Waals surface area contributed by atoms with Gasteiger partial charge in [-0.15, -0.1) is 0 Å². The molecule has 9 heteroatoms. The summed E-state index contributed by atoms with van der Waals surface area (Å²) in [7, 11) is 0. The van der Waals surface area contributed by atoms with Gasteiger partial charge >= 0.3 is 6.18 Å². The molecular weight excluding hydrogens is 303 g/mol. The summed E-state index contributed by atoms with van der Waals surface area (Å²) in [5.41, 5.74) is 5.34. The summed E-state index contributed by atoms with van der Waals surface area (Å²) >= 11 is 0. The lowest BCUT2D eigenvalue weighted by Gasteiger charge is -2.31. The maximum atomic E-state index is 12.1. The maximum Gasteiger partial charge on any atom is 0.422 e. The van der Waals surface area contributed by atoms with Crippen molar-refractivity contribution in [3.05, 3.63) is 18.3 Å². The number of anilines is 1. The Morgan fingerprint density at radius 3 is 2.64 bits per heavy atom. The van der Waals surface area contributed by atoms with E-state index in [9.17, 15) is 18.0 Å². The van der Waals surface area contributed by atoms with Crippen molar-refractivity contribution in [1.82, 2.24) is 4.98 Å². The van der Waals surface area contributed by atoms with Crippen LogP contribution in [0, 0.1) is 0 Å². The minimum Gasteiger partial charge on any atom is -0.468 e. The fraction of sp³-hybridized carbons (Fsp3) is 0.538. The molecule has 122 valence electrons. The number of hydrogen-bond donors (Lipinski definition) is 2. The number of carbonyl (C=O) groups excluding carboxylic acids is 1. The Hall–Kier alpha value is -1.87. The van der Waals surface area contributed by atoms with Crippen LogP contribution in [-0.4, -0.2) is 42.4 Å². The van der Waals surface area contributed by atoms with Crippen molar-refractivity contribution in [2.45, 2.75) is 24.6 Å². The van der Waals surface area contributed by atoms with Crippen LogP contribution in [0.2, 0.25) is 0 Å². The normalized spacial score (nSPS) is 17.8. The van der Waals surface area contributed by atoms with Crippen LogP contribution >= 0.6 is 0 Å². The Morgan fingerprint density at radius 1 is 1.41 bits per heavy atom. The van der Waals surface area contributed by atoms with E-state index < -0.39 is 18.3 Å². The van der Waals surface area contributed by atoms with Gasteiger partial charge in [-0.25, -0.2) is 4.98 Å². The summed E-state index contributed by atoms with van der Waals surface area (Å²) in [5.74, 6) is -0.551. The molecule has 1 aliphatic heterocycles. The molecule has 0 saturated carbocycles. The van der Waals surface area contributed by atoms with E-state index in [-0.39, 0.29) is 11.8 Å². The summed E-state index contributed by atoms with van der Waals surface area (Å²) in [6.07, 6.45) is -2.41. The number of ether oxygens (including phenoxy) is 2. The standard InChI is InChI=1S/C13H16F3N3O3/c14-13(15,16)8-22-10-2-1-9(7-18-10)19-11(20)12(17)3-5-21-6-4-12/h1-2,7H,3-6,8,17H2,(H,19,20). The monoisotopic (exact) mass is 319 g/mol. The van der Waals surface area contributed by atoms with Crippen LogP contribution in [0.4, 0.5) is 18.9 Å². The van der Waals surface area contributed by atoms with Crippen molar-refractivity contribution in [1.29, 1.82) is 0 Å². The third kappa shape index (κ3) is 4.57. The number of nitrogens with zero attached hydrogens (tertiary/aromatic N) is 1. The number of hydrogen-bond acceptors (Lipinski definition) is 5. The Balaban J connectivity index is 1.92. The number of amides is 1. The largest absolute Gasteiger partial charge is 0.468 e. The number of nitrogens with one attached hydrogen (secondary N) is 1. The molecule has 0 aromatic carbocycles. The predicted molar refractivity (Wildman–Crippen MR) is 71.4 cm³/mol. The highest BCUT2D eigenvalue weighted by atomic mass is 19.4. The third-order valence-electron chi connectivity index (χ3n) is 3.22. The number of rotatable bonds is 4. The van der Waals surface area contributed by atoms with Crippen molar-refractivity contribution >= 4 is 11.6 Å². The number of halogens is 3. The van der Waals surface area contributed by atoms with Crippen LogP contribution in [0.5, 0.6) is 5.88 Å². The number of alkyl halides is 3. The second kappa shape index (κ2) is 6.49. The number of carbonyl (C=O) groups is 1. The highest BCUT2D eigenvalue weighted by Crippen LogP contribution is 2.21. The summed E-state index contributed by atoms with van der Waals surface area (Å²) in [6.45, 7) is -0.601. The molecule has 1 amide bonds. The Labute approximate surface area is 124 Å². The second-order valence-electron chi connectivity index (χ2n) is 5.01. The van der Waals surface area contributed by atoms with Crippen molar-refractivity contribution in [2.75, 3.05) is 25.1 Å². The molecule has 0 bridgehead atoms. The van der Waals surface area contributed by atoms with E-state index in [4.69, 9.17) is 10.5 Å². The fourth-order valence-electron chi connectivity index (χ4n) is 1.91. The zero-order valence-electron chi connectivity index (χ0n) is 11.7. The molecule has 2 rings (SSSR count). The summed E-state index contributed by atoms with van der Waals surface area (Å²) in [6, 6.07) is 2.65. The smallest absolute Gasteiger partial charge is 0.422 e. The van der Waals surface area contributed by atoms with E-state index >= 15 is 0 Å². The van der Waals surface area contributed by atoms with Gasteiger partial charge in [0.25, 0.3) is 0 Å². The topological polar surface area (TPSA) is 86.5 Å². The highest BCUT2D eigenvalue weighted by molar-refractivity contribution is 5.97. The van der Waals surface area contributed by atoms with Crippen molar-refractivity contribution in [3.63, 3.8) is 0 Å². The number of aromatic nitrogens is 1. The van der Waals surface area contributed by atoms with Gasteiger partial charge < -0.3 is 20.5 Å². The lowest BCUT2D eigenvalue weighted by molar-refractivity contribution is -0.154. The predicted octanol–water partition coefficient (Wildman–Crippen LogP) is 1.47. The average molecular weight is 319 g/mol. The Kier molecular flexibility index (Phi) is 4.87. The van der Waals surface area contributed by atoms with Crippen molar-refractivity contribution in [2.24, 2.45) is 5.73 Å². The summed E-state index contributed by atoms with van der Waals surface area (Å²) in [5, 5.41) is 2.59. The van der Waals surface area contributed by atoms with Gasteiger partial charge in [0, 0.05) is 19.3 Å². The lowest BCUT2D eigenvalue weighted by Crippen LogP contribution is -2.54. The van der Waals surface area contributed by atoms with Gasteiger partial charge in [0.2, 0.25) is 11.8 Å². The van der Waals surface area contributed by atoms with Gasteiger partial charge in [0.05, 0.1) is 11.9 Å². The zero-order chi connectivity index (χ0) is 16.2. The van der Waals surface area contributed by atoms with Gasteiger partial charge in [0.15, 0.2) is 6.61 Å². The van der Waals surface area contributed by atoms with Gasteiger partial charge in [0.1, 0.15) is 5.54 Å². The van der Waals surface area contributed by atoms with Crippen LogP contribution in [0.3, 0.4) is 0 Å². The lowest BCUT2D eigenvalue weighted by atomic mass is 9.90. The first-order valence-corrected chi connectivity index (χ1v) is 6.62. The molecule has 1 saturated heterocycles. The van der Waals surface area contributed by atoms with Gasteiger partial charge in [-0.05, 0) is 18.9 Å². The van der Waals surface area contributed by atoms with Crippen LogP contribution in [-0.2, 0) is 9.53 Å². The van der Waals surface area contributed by atoms with E-state index in [1.165, 1.54) is 18.3 Å². The molecule has 6 nitrogen and oxygen atoms in total. The van der Waals surface area contributed by atoms with E-state index in [0.717, 1.165) is 0 Å². The molecule has 2 heterocycles. The van der Waals surface area contributed by atoms with Crippen molar-refractivity contribution in [3.8, 4) is 5.88 Å². The molecule has 1 aromatic rings. The average Bonchev–Trinajstić information content (AvgIpc) is 2.46. The first-order valence-electron chi connectivity index (χ1n) is 6.62. The molecule has 0 aliphatic carbocycles. The first-order chi connectivity index (χ1) is 10.3.